The molecule has 2 aromatic rings. The summed E-state index contributed by atoms with van der Waals surface area (Å²) in [5, 5.41) is 10.7. The summed E-state index contributed by atoms with van der Waals surface area (Å²) in [4.78, 5) is 18.4. The maximum absolute atomic E-state index is 12.5. The molecule has 1 fully saturated rings. The van der Waals surface area contributed by atoms with E-state index in [9.17, 15) is 9.90 Å². The number of ether oxygens (including phenoxy) is 1. The fourth-order valence-corrected chi connectivity index (χ4v) is 2.86. The van der Waals surface area contributed by atoms with Crippen LogP contribution in [0.25, 0.3) is 0 Å². The SMILES string of the molecule is Cc1cncc(C(=O)N2CCC(O)(COc3ccccc3)CC2)c1. The Morgan fingerprint density at radius 2 is 1.96 bits per heavy atom. The molecular formula is C19H22N2O3. The number of aryl methyl sites for hydroxylation is 1. The van der Waals surface area contributed by atoms with Crippen LogP contribution < -0.4 is 4.74 Å². The molecule has 0 unspecified atom stereocenters. The summed E-state index contributed by atoms with van der Waals surface area (Å²) >= 11 is 0. The van der Waals surface area contributed by atoms with Crippen LogP contribution in [0, 0.1) is 6.92 Å². The van der Waals surface area contributed by atoms with E-state index < -0.39 is 5.60 Å². The Kier molecular flexibility index (Phi) is 4.81. The Balaban J connectivity index is 1.55. The van der Waals surface area contributed by atoms with E-state index in [1.54, 1.807) is 17.3 Å². The molecule has 1 amide bonds. The van der Waals surface area contributed by atoms with Gasteiger partial charge in [-0.3, -0.25) is 9.78 Å². The van der Waals surface area contributed by atoms with Crippen molar-refractivity contribution >= 4 is 5.91 Å². The van der Waals surface area contributed by atoms with Gasteiger partial charge in [0.25, 0.3) is 5.91 Å². The number of pyridine rings is 1. The van der Waals surface area contributed by atoms with Gasteiger partial charge in [0.05, 0.1) is 5.56 Å². The van der Waals surface area contributed by atoms with Crippen molar-refractivity contribution in [2.75, 3.05) is 19.7 Å². The number of hydrogen-bond donors (Lipinski definition) is 1. The van der Waals surface area contributed by atoms with Crippen LogP contribution in [-0.4, -0.2) is 46.2 Å². The van der Waals surface area contributed by atoms with E-state index in [1.165, 1.54) is 0 Å². The predicted molar refractivity (Wildman–Crippen MR) is 91.0 cm³/mol. The summed E-state index contributed by atoms with van der Waals surface area (Å²) < 4.78 is 5.68. The van der Waals surface area contributed by atoms with Crippen molar-refractivity contribution in [2.45, 2.75) is 25.4 Å². The highest BCUT2D eigenvalue weighted by Crippen LogP contribution is 2.24. The van der Waals surface area contributed by atoms with Gasteiger partial charge in [0.2, 0.25) is 0 Å². The summed E-state index contributed by atoms with van der Waals surface area (Å²) in [6.07, 6.45) is 4.33. The Hall–Kier alpha value is -2.40. The molecule has 1 aliphatic heterocycles. The normalized spacial score (nSPS) is 16.7. The van der Waals surface area contributed by atoms with Crippen LogP contribution in [-0.2, 0) is 0 Å². The number of carbonyl (C=O) groups excluding carboxylic acids is 1. The van der Waals surface area contributed by atoms with Crippen LogP contribution in [0.4, 0.5) is 0 Å². The zero-order valence-electron chi connectivity index (χ0n) is 13.8. The fourth-order valence-electron chi connectivity index (χ4n) is 2.86. The Labute approximate surface area is 141 Å². The third-order valence-corrected chi connectivity index (χ3v) is 4.35. The van der Waals surface area contributed by atoms with Crippen molar-refractivity contribution in [3.8, 4) is 5.75 Å². The van der Waals surface area contributed by atoms with Crippen molar-refractivity contribution in [3.63, 3.8) is 0 Å². The number of aliphatic hydroxyl groups is 1. The van der Waals surface area contributed by atoms with E-state index in [0.29, 0.717) is 31.5 Å². The molecular weight excluding hydrogens is 304 g/mol. The molecule has 0 bridgehead atoms. The number of carbonyl (C=O) groups is 1. The largest absolute Gasteiger partial charge is 0.491 e. The topological polar surface area (TPSA) is 62.7 Å². The van der Waals surface area contributed by atoms with Crippen molar-refractivity contribution < 1.29 is 14.6 Å². The first-order chi connectivity index (χ1) is 11.6. The van der Waals surface area contributed by atoms with Gasteiger partial charge in [-0.05, 0) is 43.5 Å². The molecule has 0 atom stereocenters. The number of piperidine rings is 1. The monoisotopic (exact) mass is 326 g/mol. The summed E-state index contributed by atoms with van der Waals surface area (Å²) in [5.74, 6) is 0.715. The number of benzene rings is 1. The lowest BCUT2D eigenvalue weighted by molar-refractivity contribution is -0.0475. The third kappa shape index (κ3) is 3.92. The number of nitrogens with zero attached hydrogens (tertiary/aromatic N) is 2. The molecule has 0 saturated carbocycles. The molecule has 5 heteroatoms. The van der Waals surface area contributed by atoms with Crippen LogP contribution >= 0.6 is 0 Å². The second kappa shape index (κ2) is 7.01. The number of amides is 1. The van der Waals surface area contributed by atoms with E-state index in [-0.39, 0.29) is 12.5 Å². The van der Waals surface area contributed by atoms with Crippen molar-refractivity contribution in [3.05, 3.63) is 59.9 Å². The first-order valence-electron chi connectivity index (χ1n) is 8.17. The number of rotatable bonds is 4. The van der Waals surface area contributed by atoms with Crippen LogP contribution in [0.15, 0.2) is 48.8 Å². The summed E-state index contributed by atoms with van der Waals surface area (Å²) in [5.41, 5.74) is 0.670. The smallest absolute Gasteiger partial charge is 0.255 e. The number of likely N-dealkylation sites (tertiary alicyclic amines) is 1. The first kappa shape index (κ1) is 16.5. The Morgan fingerprint density at radius 3 is 2.62 bits per heavy atom. The molecule has 126 valence electrons. The van der Waals surface area contributed by atoms with Gasteiger partial charge < -0.3 is 14.7 Å². The van der Waals surface area contributed by atoms with E-state index in [4.69, 9.17) is 4.74 Å². The quantitative estimate of drug-likeness (QED) is 0.937. The maximum atomic E-state index is 12.5. The minimum Gasteiger partial charge on any atom is -0.491 e. The van der Waals surface area contributed by atoms with Gasteiger partial charge in [0.15, 0.2) is 0 Å². The van der Waals surface area contributed by atoms with E-state index in [1.807, 2.05) is 43.3 Å². The summed E-state index contributed by atoms with van der Waals surface area (Å²) in [7, 11) is 0. The van der Waals surface area contributed by atoms with Gasteiger partial charge in [0, 0.05) is 25.5 Å². The molecule has 0 spiro atoms. The van der Waals surface area contributed by atoms with E-state index in [0.717, 1.165) is 11.3 Å². The highest BCUT2D eigenvalue weighted by Gasteiger charge is 2.35. The second-order valence-corrected chi connectivity index (χ2v) is 6.37. The predicted octanol–water partition coefficient (Wildman–Crippen LogP) is 2.44. The highest BCUT2D eigenvalue weighted by atomic mass is 16.5. The second-order valence-electron chi connectivity index (χ2n) is 6.37. The van der Waals surface area contributed by atoms with Crippen LogP contribution in [0.5, 0.6) is 5.75 Å². The lowest BCUT2D eigenvalue weighted by Crippen LogP contribution is -2.49. The summed E-state index contributed by atoms with van der Waals surface area (Å²) in [6, 6.07) is 11.3. The average molecular weight is 326 g/mol. The molecule has 1 aromatic heterocycles. The minimum absolute atomic E-state index is 0.0303. The third-order valence-electron chi connectivity index (χ3n) is 4.35. The van der Waals surface area contributed by atoms with Gasteiger partial charge in [-0.15, -0.1) is 0 Å². The number of hydrogen-bond acceptors (Lipinski definition) is 4. The van der Waals surface area contributed by atoms with Crippen LogP contribution in [0.2, 0.25) is 0 Å². The molecule has 1 aromatic carbocycles. The maximum Gasteiger partial charge on any atom is 0.255 e. The van der Waals surface area contributed by atoms with Crippen molar-refractivity contribution in [1.29, 1.82) is 0 Å². The van der Waals surface area contributed by atoms with E-state index >= 15 is 0 Å². The lowest BCUT2D eigenvalue weighted by Gasteiger charge is -2.37. The van der Waals surface area contributed by atoms with Gasteiger partial charge in [-0.1, -0.05) is 18.2 Å². The van der Waals surface area contributed by atoms with Gasteiger partial charge in [-0.25, -0.2) is 0 Å². The number of para-hydroxylation sites is 1. The standard InChI is InChI=1S/C19H22N2O3/c1-15-11-16(13-20-12-15)18(22)21-9-7-19(23,8-10-21)14-24-17-5-3-2-4-6-17/h2-6,11-13,23H,7-10,14H2,1H3. The Bertz CT molecular complexity index is 695. The average Bonchev–Trinajstić information content (AvgIpc) is 2.61. The number of aromatic nitrogens is 1. The minimum atomic E-state index is -0.891. The first-order valence-corrected chi connectivity index (χ1v) is 8.17. The molecule has 0 aliphatic carbocycles. The van der Waals surface area contributed by atoms with Crippen LogP contribution in [0.1, 0.15) is 28.8 Å². The van der Waals surface area contributed by atoms with Gasteiger partial charge in [-0.2, -0.15) is 0 Å². The van der Waals surface area contributed by atoms with Gasteiger partial charge in [0.1, 0.15) is 18.0 Å². The molecule has 24 heavy (non-hydrogen) atoms. The van der Waals surface area contributed by atoms with Crippen LogP contribution in [0.3, 0.4) is 0 Å². The Morgan fingerprint density at radius 1 is 1.25 bits per heavy atom. The molecule has 1 N–H and O–H groups in total. The fraction of sp³-hybridized carbons (Fsp3) is 0.368. The van der Waals surface area contributed by atoms with Crippen molar-refractivity contribution in [1.82, 2.24) is 9.88 Å². The van der Waals surface area contributed by atoms with Gasteiger partial charge >= 0.3 is 0 Å². The molecule has 2 heterocycles. The molecule has 1 aliphatic rings. The molecule has 5 nitrogen and oxygen atoms in total. The zero-order chi connectivity index (χ0) is 17.0. The highest BCUT2D eigenvalue weighted by molar-refractivity contribution is 5.94. The summed E-state index contributed by atoms with van der Waals surface area (Å²) in [6.45, 7) is 3.19. The molecule has 3 rings (SSSR count). The van der Waals surface area contributed by atoms with E-state index in [2.05, 4.69) is 4.98 Å². The molecule has 0 radical (unpaired) electrons. The zero-order valence-corrected chi connectivity index (χ0v) is 13.8. The lowest BCUT2D eigenvalue weighted by atomic mass is 9.92. The molecule has 1 saturated heterocycles. The van der Waals surface area contributed by atoms with Crippen molar-refractivity contribution in [2.24, 2.45) is 0 Å².